The summed E-state index contributed by atoms with van der Waals surface area (Å²) in [5, 5.41) is 13.5. The number of para-hydroxylation sites is 1. The Bertz CT molecular complexity index is 774. The van der Waals surface area contributed by atoms with Gasteiger partial charge in [0, 0.05) is 0 Å². The van der Waals surface area contributed by atoms with Gasteiger partial charge in [-0.3, -0.25) is 4.79 Å². The number of rotatable bonds is 3. The van der Waals surface area contributed by atoms with E-state index in [4.69, 9.17) is 5.11 Å². The van der Waals surface area contributed by atoms with Gasteiger partial charge in [-0.05, 0) is 23.6 Å². The van der Waals surface area contributed by atoms with Crippen LogP contribution in [0.4, 0.5) is 5.69 Å². The number of benzene rings is 1. The van der Waals surface area contributed by atoms with Crippen LogP contribution in [0.3, 0.4) is 0 Å². The second-order valence-corrected chi connectivity index (χ2v) is 5.86. The first-order chi connectivity index (χ1) is 9.65. The van der Waals surface area contributed by atoms with Crippen molar-refractivity contribution in [3.8, 4) is 0 Å². The van der Waals surface area contributed by atoms with Gasteiger partial charge in [0.2, 0.25) is 0 Å². The molecule has 0 aliphatic heterocycles. The SMILES string of the molecule is O=C(Nc1ccsc1C(=O)O)c1nc2ccccc2s1. The molecule has 0 aliphatic carbocycles. The number of hydrogen-bond acceptors (Lipinski definition) is 5. The summed E-state index contributed by atoms with van der Waals surface area (Å²) in [6.45, 7) is 0. The zero-order valence-electron chi connectivity index (χ0n) is 9.99. The number of thiazole rings is 1. The van der Waals surface area contributed by atoms with Gasteiger partial charge in [-0.2, -0.15) is 0 Å². The van der Waals surface area contributed by atoms with Crippen LogP contribution in [0.25, 0.3) is 10.2 Å². The number of aromatic carboxylic acids is 1. The van der Waals surface area contributed by atoms with Crippen LogP contribution >= 0.6 is 22.7 Å². The second kappa shape index (κ2) is 5.03. The highest BCUT2D eigenvalue weighted by Gasteiger charge is 2.17. The van der Waals surface area contributed by atoms with Crippen LogP contribution in [-0.2, 0) is 0 Å². The number of amides is 1. The summed E-state index contributed by atoms with van der Waals surface area (Å²) in [7, 11) is 0. The summed E-state index contributed by atoms with van der Waals surface area (Å²) in [6.07, 6.45) is 0. The van der Waals surface area contributed by atoms with Crippen LogP contribution in [0.1, 0.15) is 19.5 Å². The van der Waals surface area contributed by atoms with E-state index in [1.54, 1.807) is 11.4 Å². The molecule has 0 radical (unpaired) electrons. The highest BCUT2D eigenvalue weighted by Crippen LogP contribution is 2.25. The number of fused-ring (bicyclic) bond motifs is 1. The quantitative estimate of drug-likeness (QED) is 0.778. The summed E-state index contributed by atoms with van der Waals surface area (Å²) in [4.78, 5) is 27.4. The average molecular weight is 304 g/mol. The number of nitrogens with zero attached hydrogens (tertiary/aromatic N) is 1. The molecule has 2 aromatic heterocycles. The predicted molar refractivity (Wildman–Crippen MR) is 78.9 cm³/mol. The first kappa shape index (κ1) is 12.8. The summed E-state index contributed by atoms with van der Waals surface area (Å²) in [5.41, 5.74) is 1.05. The Morgan fingerprint density at radius 2 is 2.00 bits per heavy atom. The molecule has 0 saturated heterocycles. The highest BCUT2D eigenvalue weighted by atomic mass is 32.1. The summed E-state index contributed by atoms with van der Waals surface area (Å²) < 4.78 is 0.918. The molecule has 0 bridgehead atoms. The molecule has 0 spiro atoms. The number of carbonyl (C=O) groups is 2. The lowest BCUT2D eigenvalue weighted by Crippen LogP contribution is -2.13. The van der Waals surface area contributed by atoms with Gasteiger partial charge < -0.3 is 10.4 Å². The lowest BCUT2D eigenvalue weighted by molar-refractivity contribution is 0.0703. The summed E-state index contributed by atoms with van der Waals surface area (Å²) in [5.74, 6) is -1.45. The molecule has 7 heteroatoms. The molecule has 0 saturated carbocycles. The van der Waals surface area contributed by atoms with Gasteiger partial charge in [-0.15, -0.1) is 22.7 Å². The first-order valence-corrected chi connectivity index (χ1v) is 7.32. The number of aromatic nitrogens is 1. The van der Waals surface area contributed by atoms with Crippen LogP contribution in [0.5, 0.6) is 0 Å². The van der Waals surface area contributed by atoms with Crippen molar-refractivity contribution in [2.75, 3.05) is 5.32 Å². The molecule has 3 aromatic rings. The Morgan fingerprint density at radius 3 is 2.75 bits per heavy atom. The number of carboxylic acid groups (broad SMARTS) is 1. The second-order valence-electron chi connectivity index (χ2n) is 3.91. The van der Waals surface area contributed by atoms with Crippen molar-refractivity contribution in [2.24, 2.45) is 0 Å². The largest absolute Gasteiger partial charge is 0.477 e. The van der Waals surface area contributed by atoms with Crippen LogP contribution in [0.2, 0.25) is 0 Å². The molecule has 0 aliphatic rings. The van der Waals surface area contributed by atoms with E-state index >= 15 is 0 Å². The third-order valence-corrected chi connectivity index (χ3v) is 4.53. The van der Waals surface area contributed by atoms with E-state index in [1.807, 2.05) is 24.3 Å². The Hall–Kier alpha value is -2.25. The topological polar surface area (TPSA) is 79.3 Å². The number of nitrogens with one attached hydrogen (secondary N) is 1. The molecular formula is C13H8N2O3S2. The third-order valence-electron chi connectivity index (χ3n) is 2.60. The molecule has 20 heavy (non-hydrogen) atoms. The van der Waals surface area contributed by atoms with Crippen LogP contribution in [-0.4, -0.2) is 22.0 Å². The Labute approximate surface area is 121 Å². The van der Waals surface area contributed by atoms with Crippen molar-refractivity contribution in [3.63, 3.8) is 0 Å². The smallest absolute Gasteiger partial charge is 0.348 e. The minimum absolute atomic E-state index is 0.111. The van der Waals surface area contributed by atoms with Crippen molar-refractivity contribution in [3.05, 3.63) is 45.6 Å². The van der Waals surface area contributed by atoms with Crippen LogP contribution in [0.15, 0.2) is 35.7 Å². The molecule has 0 atom stereocenters. The van der Waals surface area contributed by atoms with E-state index in [-0.39, 0.29) is 4.88 Å². The standard InChI is InChI=1S/C13H8N2O3S2/c16-11(14-8-5-6-19-10(8)13(17)18)12-15-7-3-1-2-4-9(7)20-12/h1-6H,(H,14,16)(H,17,18). The lowest BCUT2D eigenvalue weighted by Gasteiger charge is -2.01. The fourth-order valence-electron chi connectivity index (χ4n) is 1.72. The van der Waals surface area contributed by atoms with Crippen molar-refractivity contribution >= 4 is 50.5 Å². The summed E-state index contributed by atoms with van der Waals surface area (Å²) >= 11 is 2.34. The van der Waals surface area contributed by atoms with E-state index < -0.39 is 11.9 Å². The van der Waals surface area contributed by atoms with Gasteiger partial charge in [0.25, 0.3) is 5.91 Å². The number of anilines is 1. The van der Waals surface area contributed by atoms with Gasteiger partial charge in [-0.1, -0.05) is 12.1 Å². The fourth-order valence-corrected chi connectivity index (χ4v) is 3.27. The number of hydrogen-bond donors (Lipinski definition) is 2. The molecule has 100 valence electrons. The first-order valence-electron chi connectivity index (χ1n) is 5.63. The Morgan fingerprint density at radius 1 is 1.20 bits per heavy atom. The maximum Gasteiger partial charge on any atom is 0.348 e. The summed E-state index contributed by atoms with van der Waals surface area (Å²) in [6, 6.07) is 9.01. The zero-order chi connectivity index (χ0) is 14.1. The normalized spacial score (nSPS) is 10.6. The van der Waals surface area contributed by atoms with Crippen molar-refractivity contribution in [1.29, 1.82) is 0 Å². The van der Waals surface area contributed by atoms with E-state index in [2.05, 4.69) is 10.3 Å². The Balaban J connectivity index is 1.89. The predicted octanol–water partition coefficient (Wildman–Crippen LogP) is 3.31. The van der Waals surface area contributed by atoms with Gasteiger partial charge in [0.15, 0.2) is 5.01 Å². The van der Waals surface area contributed by atoms with Gasteiger partial charge >= 0.3 is 5.97 Å². The molecule has 0 fully saturated rings. The van der Waals surface area contributed by atoms with Crippen molar-refractivity contribution in [2.45, 2.75) is 0 Å². The fraction of sp³-hybridized carbons (Fsp3) is 0. The lowest BCUT2D eigenvalue weighted by atomic mass is 10.3. The minimum atomic E-state index is -1.06. The molecule has 0 unspecified atom stereocenters. The van der Waals surface area contributed by atoms with E-state index in [9.17, 15) is 9.59 Å². The van der Waals surface area contributed by atoms with E-state index in [0.717, 1.165) is 21.6 Å². The molecule has 1 amide bonds. The van der Waals surface area contributed by atoms with Crippen LogP contribution in [0, 0.1) is 0 Å². The maximum absolute atomic E-state index is 12.1. The van der Waals surface area contributed by atoms with Gasteiger partial charge in [0.1, 0.15) is 4.88 Å². The third kappa shape index (κ3) is 2.28. The highest BCUT2D eigenvalue weighted by molar-refractivity contribution is 7.20. The maximum atomic E-state index is 12.1. The van der Waals surface area contributed by atoms with Crippen molar-refractivity contribution < 1.29 is 14.7 Å². The van der Waals surface area contributed by atoms with E-state index in [0.29, 0.717) is 10.7 Å². The number of carboxylic acids is 1. The van der Waals surface area contributed by atoms with Crippen molar-refractivity contribution in [1.82, 2.24) is 4.98 Å². The van der Waals surface area contributed by atoms with E-state index in [1.165, 1.54) is 11.3 Å². The minimum Gasteiger partial charge on any atom is -0.477 e. The van der Waals surface area contributed by atoms with Crippen LogP contribution < -0.4 is 5.32 Å². The molecule has 1 aromatic carbocycles. The number of thiophene rings is 1. The number of carbonyl (C=O) groups excluding carboxylic acids is 1. The molecule has 3 rings (SSSR count). The molecule has 2 heterocycles. The monoisotopic (exact) mass is 304 g/mol. The average Bonchev–Trinajstić information content (AvgIpc) is 3.03. The molecule has 5 nitrogen and oxygen atoms in total. The molecular weight excluding hydrogens is 296 g/mol. The van der Waals surface area contributed by atoms with Gasteiger partial charge in [-0.25, -0.2) is 9.78 Å². The molecule has 2 N–H and O–H groups in total. The van der Waals surface area contributed by atoms with Gasteiger partial charge in [0.05, 0.1) is 15.9 Å². The zero-order valence-corrected chi connectivity index (χ0v) is 11.6. The Kier molecular flexibility index (Phi) is 3.21.